The SMILES string of the molecule is CCCCCCSCCC1C2CCC(O2)C1CCSC(C)CCCC(=O)NO. The zero-order valence-corrected chi connectivity index (χ0v) is 19.5. The van der Waals surface area contributed by atoms with Crippen LogP contribution in [0.4, 0.5) is 0 Å². The molecule has 164 valence electrons. The molecular formula is C22H41NO3S2. The van der Waals surface area contributed by atoms with Gasteiger partial charge in [0, 0.05) is 11.7 Å². The van der Waals surface area contributed by atoms with E-state index in [-0.39, 0.29) is 5.91 Å². The van der Waals surface area contributed by atoms with Crippen LogP contribution in [-0.2, 0) is 9.53 Å². The molecule has 0 spiro atoms. The second kappa shape index (κ2) is 14.2. The van der Waals surface area contributed by atoms with Crippen molar-refractivity contribution in [2.75, 3.05) is 17.3 Å². The maximum absolute atomic E-state index is 11.1. The molecule has 2 bridgehead atoms. The molecule has 0 aromatic rings. The first-order valence-electron chi connectivity index (χ1n) is 11.4. The van der Waals surface area contributed by atoms with Crippen LogP contribution in [0.3, 0.4) is 0 Å². The molecule has 2 heterocycles. The summed E-state index contributed by atoms with van der Waals surface area (Å²) in [7, 11) is 0. The number of hydrogen-bond acceptors (Lipinski definition) is 5. The van der Waals surface area contributed by atoms with Gasteiger partial charge in [-0.25, -0.2) is 5.48 Å². The Morgan fingerprint density at radius 2 is 1.79 bits per heavy atom. The highest BCUT2D eigenvalue weighted by Crippen LogP contribution is 2.47. The van der Waals surface area contributed by atoms with Crippen LogP contribution in [0.1, 0.15) is 84.5 Å². The summed E-state index contributed by atoms with van der Waals surface area (Å²) >= 11 is 4.19. The van der Waals surface area contributed by atoms with Crippen molar-refractivity contribution in [2.24, 2.45) is 11.8 Å². The Bertz CT molecular complexity index is 438. The minimum absolute atomic E-state index is 0.276. The fourth-order valence-electron chi connectivity index (χ4n) is 4.72. The summed E-state index contributed by atoms with van der Waals surface area (Å²) in [5, 5.41) is 9.12. The molecule has 0 aliphatic carbocycles. The molecule has 2 aliphatic heterocycles. The van der Waals surface area contributed by atoms with E-state index in [9.17, 15) is 4.79 Å². The lowest BCUT2D eigenvalue weighted by atomic mass is 9.76. The molecule has 0 aromatic heterocycles. The molecule has 2 rings (SSSR count). The Morgan fingerprint density at radius 1 is 1.07 bits per heavy atom. The van der Waals surface area contributed by atoms with Crippen LogP contribution < -0.4 is 5.48 Å². The average Bonchev–Trinajstić information content (AvgIpc) is 3.29. The lowest BCUT2D eigenvalue weighted by molar-refractivity contribution is -0.129. The summed E-state index contributed by atoms with van der Waals surface area (Å²) in [6.07, 6.45) is 14.0. The number of ether oxygens (including phenoxy) is 1. The standard InChI is InChI=1S/C22H41NO3S2/c1-3-4-5-6-14-27-15-12-18-19(21-11-10-20(18)26-21)13-16-28-17(2)8-7-9-22(24)23-25/h17-21,25H,3-16H2,1-2H3,(H,23,24). The van der Waals surface area contributed by atoms with E-state index >= 15 is 0 Å². The van der Waals surface area contributed by atoms with Gasteiger partial charge in [-0.3, -0.25) is 10.0 Å². The highest BCUT2D eigenvalue weighted by molar-refractivity contribution is 7.99. The van der Waals surface area contributed by atoms with E-state index in [0.29, 0.717) is 23.9 Å². The molecule has 5 unspecified atom stereocenters. The molecule has 0 radical (unpaired) electrons. The van der Waals surface area contributed by atoms with E-state index in [2.05, 4.69) is 25.6 Å². The van der Waals surface area contributed by atoms with Gasteiger partial charge in [-0.05, 0) is 74.0 Å². The predicted octanol–water partition coefficient (Wildman–Crippen LogP) is 5.67. The number of amides is 1. The molecule has 5 atom stereocenters. The number of hydrogen-bond donors (Lipinski definition) is 2. The highest BCUT2D eigenvalue weighted by Gasteiger charge is 2.47. The van der Waals surface area contributed by atoms with Crippen LogP contribution in [0.2, 0.25) is 0 Å². The lowest BCUT2D eigenvalue weighted by Crippen LogP contribution is -2.28. The molecular weight excluding hydrogens is 390 g/mol. The fraction of sp³-hybridized carbons (Fsp3) is 0.955. The van der Waals surface area contributed by atoms with Gasteiger partial charge in [0.05, 0.1) is 12.2 Å². The van der Waals surface area contributed by atoms with E-state index in [0.717, 1.165) is 24.7 Å². The number of nitrogens with one attached hydrogen (secondary N) is 1. The molecule has 1 amide bonds. The molecule has 0 saturated carbocycles. The summed E-state index contributed by atoms with van der Waals surface area (Å²) in [5.74, 6) is 5.10. The first kappa shape index (κ1) is 24.4. The van der Waals surface area contributed by atoms with Gasteiger partial charge in [0.1, 0.15) is 0 Å². The average molecular weight is 432 g/mol. The highest BCUT2D eigenvalue weighted by atomic mass is 32.2. The fourth-order valence-corrected chi connectivity index (χ4v) is 6.91. The zero-order chi connectivity index (χ0) is 20.2. The molecule has 28 heavy (non-hydrogen) atoms. The Kier molecular flexibility index (Phi) is 12.3. The topological polar surface area (TPSA) is 58.6 Å². The second-order valence-corrected chi connectivity index (χ2v) is 11.2. The van der Waals surface area contributed by atoms with E-state index in [1.165, 1.54) is 68.6 Å². The van der Waals surface area contributed by atoms with Gasteiger partial charge in [-0.2, -0.15) is 23.5 Å². The maximum Gasteiger partial charge on any atom is 0.243 e. The van der Waals surface area contributed by atoms with Gasteiger partial charge in [-0.15, -0.1) is 0 Å². The number of rotatable bonds is 16. The van der Waals surface area contributed by atoms with Crippen molar-refractivity contribution in [3.05, 3.63) is 0 Å². The zero-order valence-electron chi connectivity index (χ0n) is 17.9. The van der Waals surface area contributed by atoms with E-state index < -0.39 is 0 Å². The van der Waals surface area contributed by atoms with Gasteiger partial charge < -0.3 is 4.74 Å². The molecule has 6 heteroatoms. The Labute approximate surface area is 180 Å². The van der Waals surface area contributed by atoms with E-state index in [1.807, 2.05) is 11.8 Å². The third-order valence-electron chi connectivity index (χ3n) is 6.32. The largest absolute Gasteiger partial charge is 0.374 e. The van der Waals surface area contributed by atoms with Crippen molar-refractivity contribution in [2.45, 2.75) is 102 Å². The van der Waals surface area contributed by atoms with Crippen LogP contribution in [0, 0.1) is 11.8 Å². The van der Waals surface area contributed by atoms with E-state index in [4.69, 9.17) is 9.94 Å². The summed E-state index contributed by atoms with van der Waals surface area (Å²) in [4.78, 5) is 11.1. The minimum atomic E-state index is -0.276. The third kappa shape index (κ3) is 8.45. The monoisotopic (exact) mass is 431 g/mol. The predicted molar refractivity (Wildman–Crippen MR) is 121 cm³/mol. The molecule has 4 nitrogen and oxygen atoms in total. The quantitative estimate of drug-likeness (QED) is 0.187. The Morgan fingerprint density at radius 3 is 2.46 bits per heavy atom. The summed E-state index contributed by atoms with van der Waals surface area (Å²) in [6.45, 7) is 4.53. The number of carbonyl (C=O) groups is 1. The lowest BCUT2D eigenvalue weighted by Gasteiger charge is -2.28. The maximum atomic E-state index is 11.1. The molecule has 2 saturated heterocycles. The van der Waals surface area contributed by atoms with Gasteiger partial charge in [0.25, 0.3) is 0 Å². The number of fused-ring (bicyclic) bond motifs is 2. The Balaban J connectivity index is 1.59. The number of unbranched alkanes of at least 4 members (excludes halogenated alkanes) is 3. The normalized spacial score (nSPS) is 27.2. The smallest absolute Gasteiger partial charge is 0.243 e. The number of carbonyl (C=O) groups excluding carboxylic acids is 1. The van der Waals surface area contributed by atoms with Gasteiger partial charge in [-0.1, -0.05) is 33.1 Å². The molecule has 0 aromatic carbocycles. The summed E-state index contributed by atoms with van der Waals surface area (Å²) in [6, 6.07) is 0. The minimum Gasteiger partial charge on any atom is -0.374 e. The van der Waals surface area contributed by atoms with Gasteiger partial charge in [0.15, 0.2) is 0 Å². The van der Waals surface area contributed by atoms with Crippen LogP contribution in [-0.4, -0.2) is 45.8 Å². The van der Waals surface area contributed by atoms with Crippen molar-refractivity contribution in [3.8, 4) is 0 Å². The van der Waals surface area contributed by atoms with Gasteiger partial charge >= 0.3 is 0 Å². The number of thioether (sulfide) groups is 2. The molecule has 2 fully saturated rings. The first-order valence-corrected chi connectivity index (χ1v) is 13.6. The van der Waals surface area contributed by atoms with Crippen LogP contribution in [0.15, 0.2) is 0 Å². The van der Waals surface area contributed by atoms with Crippen LogP contribution in [0.5, 0.6) is 0 Å². The van der Waals surface area contributed by atoms with Crippen LogP contribution >= 0.6 is 23.5 Å². The van der Waals surface area contributed by atoms with Crippen molar-refractivity contribution in [1.29, 1.82) is 0 Å². The van der Waals surface area contributed by atoms with Crippen LogP contribution in [0.25, 0.3) is 0 Å². The van der Waals surface area contributed by atoms with Crippen molar-refractivity contribution >= 4 is 29.4 Å². The van der Waals surface area contributed by atoms with Crippen molar-refractivity contribution < 1.29 is 14.7 Å². The molecule has 2 aliphatic rings. The summed E-state index contributed by atoms with van der Waals surface area (Å²) < 4.78 is 6.28. The van der Waals surface area contributed by atoms with Crippen molar-refractivity contribution in [1.82, 2.24) is 5.48 Å². The summed E-state index contributed by atoms with van der Waals surface area (Å²) in [5.41, 5.74) is 1.71. The molecule has 2 N–H and O–H groups in total. The Hall–Kier alpha value is 0.0900. The van der Waals surface area contributed by atoms with Crippen molar-refractivity contribution in [3.63, 3.8) is 0 Å². The van der Waals surface area contributed by atoms with E-state index in [1.54, 1.807) is 5.48 Å². The number of hydroxylamine groups is 1. The van der Waals surface area contributed by atoms with Gasteiger partial charge in [0.2, 0.25) is 5.91 Å². The third-order valence-corrected chi connectivity index (χ3v) is 8.70. The second-order valence-electron chi connectivity index (χ2n) is 8.48. The first-order chi connectivity index (χ1) is 13.7.